The van der Waals surface area contributed by atoms with Gasteiger partial charge in [0.15, 0.2) is 5.82 Å². The molecular formula is C24H24FN5O3. The SMILES string of the molecule is Cc1c(-c2cc3cc(NC(=O)OC4CC(O)C4)ncc3c(N)c2F)cnc2c1NCC1CC21. The fraction of sp³-hybridized carbons (Fsp3) is 0.375. The first kappa shape index (κ1) is 20.2. The number of ether oxygens (including phenoxy) is 1. The Hall–Kier alpha value is -3.46. The van der Waals surface area contributed by atoms with Crippen molar-refractivity contribution in [3.63, 3.8) is 0 Å². The maximum absolute atomic E-state index is 15.3. The quantitative estimate of drug-likeness (QED) is 0.447. The predicted molar refractivity (Wildman–Crippen MR) is 123 cm³/mol. The second kappa shape index (κ2) is 7.28. The van der Waals surface area contributed by atoms with E-state index in [0.717, 1.165) is 29.9 Å². The van der Waals surface area contributed by atoms with Crippen molar-refractivity contribution in [1.82, 2.24) is 9.97 Å². The van der Waals surface area contributed by atoms with Gasteiger partial charge in [0.1, 0.15) is 11.9 Å². The van der Waals surface area contributed by atoms with Crippen molar-refractivity contribution >= 4 is 34.1 Å². The molecule has 9 heteroatoms. The summed E-state index contributed by atoms with van der Waals surface area (Å²) in [5.74, 6) is 0.912. The van der Waals surface area contributed by atoms with Gasteiger partial charge in [-0.2, -0.15) is 0 Å². The smallest absolute Gasteiger partial charge is 0.413 e. The van der Waals surface area contributed by atoms with Crippen LogP contribution in [0.15, 0.2) is 24.5 Å². The molecule has 6 rings (SSSR count). The Bertz CT molecular complexity index is 1310. The van der Waals surface area contributed by atoms with Gasteiger partial charge in [-0.05, 0) is 42.3 Å². The molecule has 3 aliphatic rings. The number of aliphatic hydroxyl groups excluding tert-OH is 1. The molecule has 3 aromatic rings. The average molecular weight is 449 g/mol. The van der Waals surface area contributed by atoms with Crippen LogP contribution >= 0.6 is 0 Å². The highest BCUT2D eigenvalue weighted by Gasteiger charge is 2.44. The van der Waals surface area contributed by atoms with Crippen LogP contribution in [0.4, 0.5) is 26.4 Å². The molecule has 2 aromatic heterocycles. The van der Waals surface area contributed by atoms with E-state index in [-0.39, 0.29) is 17.6 Å². The summed E-state index contributed by atoms with van der Waals surface area (Å²) in [5.41, 5.74) is 10.2. The number of halogens is 1. The lowest BCUT2D eigenvalue weighted by Crippen LogP contribution is -2.37. The molecule has 1 amide bonds. The number of benzene rings is 1. The Morgan fingerprint density at radius 2 is 2.06 bits per heavy atom. The highest BCUT2D eigenvalue weighted by Crippen LogP contribution is 2.53. The van der Waals surface area contributed by atoms with Gasteiger partial charge < -0.3 is 20.9 Å². The molecule has 3 heterocycles. The number of hydrogen-bond donors (Lipinski definition) is 4. The van der Waals surface area contributed by atoms with E-state index < -0.39 is 18.0 Å². The minimum atomic E-state index is -0.645. The molecule has 2 aliphatic carbocycles. The van der Waals surface area contributed by atoms with Crippen molar-refractivity contribution in [2.45, 2.75) is 44.3 Å². The largest absolute Gasteiger partial charge is 0.446 e. The summed E-state index contributed by atoms with van der Waals surface area (Å²) in [6, 6.07) is 3.35. The zero-order valence-corrected chi connectivity index (χ0v) is 18.1. The van der Waals surface area contributed by atoms with Gasteiger partial charge in [0.2, 0.25) is 0 Å². The summed E-state index contributed by atoms with van der Waals surface area (Å²) in [7, 11) is 0. The first-order chi connectivity index (χ1) is 15.9. The van der Waals surface area contributed by atoms with Crippen LogP contribution in [0.25, 0.3) is 21.9 Å². The molecule has 170 valence electrons. The maximum atomic E-state index is 15.3. The molecule has 0 spiro atoms. The Balaban J connectivity index is 1.34. The van der Waals surface area contributed by atoms with Gasteiger partial charge in [-0.1, -0.05) is 0 Å². The van der Waals surface area contributed by atoms with Crippen molar-refractivity contribution in [3.05, 3.63) is 41.6 Å². The monoisotopic (exact) mass is 449 g/mol. The molecule has 33 heavy (non-hydrogen) atoms. The molecule has 5 N–H and O–H groups in total. The van der Waals surface area contributed by atoms with Gasteiger partial charge in [0, 0.05) is 54.2 Å². The van der Waals surface area contributed by atoms with E-state index in [0.29, 0.717) is 46.6 Å². The van der Waals surface area contributed by atoms with Crippen molar-refractivity contribution in [3.8, 4) is 11.1 Å². The van der Waals surface area contributed by atoms with Crippen LogP contribution in [-0.2, 0) is 4.74 Å². The number of nitrogens with zero attached hydrogens (tertiary/aromatic N) is 2. The van der Waals surface area contributed by atoms with Gasteiger partial charge >= 0.3 is 6.09 Å². The summed E-state index contributed by atoms with van der Waals surface area (Å²) < 4.78 is 20.6. The molecule has 2 fully saturated rings. The number of hydrogen-bond acceptors (Lipinski definition) is 7. The lowest BCUT2D eigenvalue weighted by molar-refractivity contribution is -0.0308. The molecule has 0 bridgehead atoms. The van der Waals surface area contributed by atoms with Gasteiger partial charge in [-0.15, -0.1) is 0 Å². The molecule has 1 aromatic carbocycles. The molecule has 0 saturated heterocycles. The van der Waals surface area contributed by atoms with E-state index in [1.807, 2.05) is 6.92 Å². The summed E-state index contributed by atoms with van der Waals surface area (Å²) in [5, 5.41) is 16.5. The third-order valence-electron chi connectivity index (χ3n) is 7.05. The summed E-state index contributed by atoms with van der Waals surface area (Å²) in [4.78, 5) is 21.0. The zero-order valence-electron chi connectivity index (χ0n) is 18.1. The van der Waals surface area contributed by atoms with E-state index in [9.17, 15) is 9.90 Å². The second-order valence-electron chi connectivity index (χ2n) is 9.26. The van der Waals surface area contributed by atoms with Gasteiger partial charge in [0.05, 0.1) is 23.2 Å². The van der Waals surface area contributed by atoms with Crippen LogP contribution in [-0.4, -0.2) is 39.9 Å². The van der Waals surface area contributed by atoms with Crippen molar-refractivity contribution < 1.29 is 19.0 Å². The lowest BCUT2D eigenvalue weighted by atomic mass is 9.92. The third kappa shape index (κ3) is 3.34. The number of nitrogen functional groups attached to an aromatic ring is 1. The van der Waals surface area contributed by atoms with Gasteiger partial charge in [0.25, 0.3) is 0 Å². The number of fused-ring (bicyclic) bond motifs is 4. The fourth-order valence-corrected chi connectivity index (χ4v) is 4.92. The van der Waals surface area contributed by atoms with Crippen LogP contribution < -0.4 is 16.4 Å². The van der Waals surface area contributed by atoms with Crippen LogP contribution in [0.1, 0.15) is 36.4 Å². The average Bonchev–Trinajstić information content (AvgIpc) is 3.56. The van der Waals surface area contributed by atoms with Gasteiger partial charge in [-0.25, -0.2) is 14.2 Å². The number of nitrogens with one attached hydrogen (secondary N) is 2. The number of amides is 1. The number of aliphatic hydroxyl groups is 1. The van der Waals surface area contributed by atoms with E-state index in [1.165, 1.54) is 6.20 Å². The van der Waals surface area contributed by atoms with Crippen molar-refractivity contribution in [1.29, 1.82) is 0 Å². The molecule has 8 nitrogen and oxygen atoms in total. The highest BCUT2D eigenvalue weighted by molar-refractivity contribution is 5.99. The van der Waals surface area contributed by atoms with Crippen molar-refractivity contribution in [2.75, 3.05) is 22.9 Å². The van der Waals surface area contributed by atoms with Gasteiger partial charge in [-0.3, -0.25) is 10.3 Å². The summed E-state index contributed by atoms with van der Waals surface area (Å²) >= 11 is 0. The Morgan fingerprint density at radius 1 is 1.24 bits per heavy atom. The topological polar surface area (TPSA) is 122 Å². The minimum absolute atomic E-state index is 0.0000750. The van der Waals surface area contributed by atoms with E-state index in [4.69, 9.17) is 10.5 Å². The molecule has 2 atom stereocenters. The number of pyridine rings is 2. The lowest BCUT2D eigenvalue weighted by Gasteiger charge is -2.30. The molecule has 0 radical (unpaired) electrons. The number of rotatable bonds is 3. The van der Waals surface area contributed by atoms with Crippen LogP contribution in [0.3, 0.4) is 0 Å². The standard InChI is InChI=1S/C24H24FN5O3/c1-10-17(8-29-23-15-3-12(15)7-28-22(10)23)16-2-11-4-19(27-9-18(11)21(26)20(16)25)30-24(32)33-14-5-13(31)6-14/h2,4,8-9,12-15,28,31H,3,5-7,26H2,1H3,(H,27,30,32). The summed E-state index contributed by atoms with van der Waals surface area (Å²) in [6.07, 6.45) is 3.82. The summed E-state index contributed by atoms with van der Waals surface area (Å²) in [6.45, 7) is 2.89. The maximum Gasteiger partial charge on any atom is 0.413 e. The number of nitrogens with two attached hydrogens (primary N) is 1. The molecule has 2 saturated carbocycles. The number of carbonyl (C=O) groups is 1. The molecule has 2 unspecified atom stereocenters. The predicted octanol–water partition coefficient (Wildman–Crippen LogP) is 3.93. The van der Waals surface area contributed by atoms with Crippen LogP contribution in [0, 0.1) is 18.7 Å². The van der Waals surface area contributed by atoms with Crippen LogP contribution in [0.5, 0.6) is 0 Å². The van der Waals surface area contributed by atoms with E-state index in [2.05, 4.69) is 20.6 Å². The third-order valence-corrected chi connectivity index (χ3v) is 7.05. The highest BCUT2D eigenvalue weighted by atomic mass is 19.1. The number of carbonyl (C=O) groups excluding carboxylic acids is 1. The normalized spacial score (nSPS) is 24.8. The van der Waals surface area contributed by atoms with E-state index in [1.54, 1.807) is 18.3 Å². The second-order valence-corrected chi connectivity index (χ2v) is 9.26. The Kier molecular flexibility index (Phi) is 4.45. The van der Waals surface area contributed by atoms with Crippen LogP contribution in [0.2, 0.25) is 0 Å². The Labute approximate surface area is 189 Å². The first-order valence-electron chi connectivity index (χ1n) is 11.2. The molecule has 1 aliphatic heterocycles. The Morgan fingerprint density at radius 3 is 2.85 bits per heavy atom. The first-order valence-corrected chi connectivity index (χ1v) is 11.2. The minimum Gasteiger partial charge on any atom is -0.446 e. The number of anilines is 3. The fourth-order valence-electron chi connectivity index (χ4n) is 4.92. The van der Waals surface area contributed by atoms with Crippen molar-refractivity contribution in [2.24, 2.45) is 5.92 Å². The number of aromatic nitrogens is 2. The van der Waals surface area contributed by atoms with E-state index >= 15 is 4.39 Å². The molecular weight excluding hydrogens is 425 g/mol. The zero-order chi connectivity index (χ0) is 22.9.